The fourth-order valence-corrected chi connectivity index (χ4v) is 2.60. The molecule has 0 aromatic heterocycles. The number of hydrogen-bond acceptors (Lipinski definition) is 3. The van der Waals surface area contributed by atoms with Crippen molar-refractivity contribution in [3.05, 3.63) is 35.4 Å². The van der Waals surface area contributed by atoms with Gasteiger partial charge in [0.1, 0.15) is 0 Å². The Morgan fingerprint density at radius 3 is 2.50 bits per heavy atom. The lowest BCUT2D eigenvalue weighted by Crippen LogP contribution is -2.37. The number of hydrogen-bond donors (Lipinski definition) is 2. The lowest BCUT2D eigenvalue weighted by Gasteiger charge is -2.26. The molecule has 4 nitrogen and oxygen atoms in total. The lowest BCUT2D eigenvalue weighted by molar-refractivity contribution is 0.0946. The summed E-state index contributed by atoms with van der Waals surface area (Å²) in [5, 5.41) is 2.99. The van der Waals surface area contributed by atoms with Crippen molar-refractivity contribution in [1.82, 2.24) is 10.2 Å². The van der Waals surface area contributed by atoms with Crippen LogP contribution in [0.15, 0.2) is 24.3 Å². The minimum absolute atomic E-state index is 0.0151. The summed E-state index contributed by atoms with van der Waals surface area (Å²) >= 11 is 0. The molecular formula is C16H25N3O. The Morgan fingerprint density at radius 2 is 1.85 bits per heavy atom. The zero-order valence-electron chi connectivity index (χ0n) is 12.1. The Bertz CT molecular complexity index is 410. The summed E-state index contributed by atoms with van der Waals surface area (Å²) in [6, 6.07) is 7.71. The van der Waals surface area contributed by atoms with Crippen LogP contribution < -0.4 is 11.1 Å². The summed E-state index contributed by atoms with van der Waals surface area (Å²) in [7, 11) is 0. The molecule has 0 unspecified atom stereocenters. The number of likely N-dealkylation sites (tertiary alicyclic amines) is 1. The van der Waals surface area contributed by atoms with E-state index in [4.69, 9.17) is 5.73 Å². The molecule has 20 heavy (non-hydrogen) atoms. The van der Waals surface area contributed by atoms with E-state index in [-0.39, 0.29) is 5.91 Å². The molecule has 0 saturated carbocycles. The molecule has 1 heterocycles. The van der Waals surface area contributed by atoms with Gasteiger partial charge in [0.25, 0.3) is 5.91 Å². The van der Waals surface area contributed by atoms with Crippen LogP contribution in [0.3, 0.4) is 0 Å². The molecule has 1 fully saturated rings. The van der Waals surface area contributed by atoms with Crippen molar-refractivity contribution >= 4 is 5.91 Å². The van der Waals surface area contributed by atoms with Crippen LogP contribution >= 0.6 is 0 Å². The first-order chi connectivity index (χ1) is 9.79. The Kier molecular flexibility index (Phi) is 6.02. The van der Waals surface area contributed by atoms with Gasteiger partial charge in [-0.2, -0.15) is 0 Å². The molecule has 3 N–H and O–H groups in total. The monoisotopic (exact) mass is 275 g/mol. The van der Waals surface area contributed by atoms with Crippen molar-refractivity contribution in [2.45, 2.75) is 25.7 Å². The minimum Gasteiger partial charge on any atom is -0.351 e. The normalized spacial score (nSPS) is 16.1. The largest absolute Gasteiger partial charge is 0.351 e. The number of carbonyl (C=O) groups is 1. The first-order valence-electron chi connectivity index (χ1n) is 7.59. The number of piperidine rings is 1. The Labute approximate surface area is 121 Å². The van der Waals surface area contributed by atoms with Crippen molar-refractivity contribution in [3.8, 4) is 0 Å². The Hall–Kier alpha value is -1.39. The average Bonchev–Trinajstić information content (AvgIpc) is 2.49. The van der Waals surface area contributed by atoms with Gasteiger partial charge in [0.15, 0.2) is 0 Å². The molecule has 0 spiro atoms. The maximum Gasteiger partial charge on any atom is 0.251 e. The van der Waals surface area contributed by atoms with Crippen molar-refractivity contribution in [1.29, 1.82) is 0 Å². The van der Waals surface area contributed by atoms with E-state index in [1.165, 1.54) is 37.9 Å². The molecule has 0 aliphatic carbocycles. The van der Waals surface area contributed by atoms with Crippen molar-refractivity contribution < 1.29 is 4.79 Å². The van der Waals surface area contributed by atoms with Crippen LogP contribution in [0, 0.1) is 0 Å². The van der Waals surface area contributed by atoms with Gasteiger partial charge < -0.3 is 16.0 Å². The van der Waals surface area contributed by atoms with Crippen LogP contribution in [0.5, 0.6) is 0 Å². The van der Waals surface area contributed by atoms with Crippen LogP contribution in [-0.2, 0) is 6.42 Å². The molecule has 4 heteroatoms. The van der Waals surface area contributed by atoms with Gasteiger partial charge in [0.2, 0.25) is 0 Å². The quantitative estimate of drug-likeness (QED) is 0.825. The number of benzene rings is 1. The predicted molar refractivity (Wildman–Crippen MR) is 81.8 cm³/mol. The molecule has 0 atom stereocenters. The van der Waals surface area contributed by atoms with Crippen LogP contribution in [-0.4, -0.2) is 43.5 Å². The minimum atomic E-state index is 0.0151. The van der Waals surface area contributed by atoms with Crippen molar-refractivity contribution in [2.24, 2.45) is 5.73 Å². The van der Waals surface area contributed by atoms with Crippen LogP contribution in [0.1, 0.15) is 35.2 Å². The second-order valence-corrected chi connectivity index (χ2v) is 5.39. The highest BCUT2D eigenvalue weighted by atomic mass is 16.1. The second-order valence-electron chi connectivity index (χ2n) is 5.39. The van der Waals surface area contributed by atoms with Crippen LogP contribution in [0.25, 0.3) is 0 Å². The fourth-order valence-electron chi connectivity index (χ4n) is 2.60. The third-order valence-corrected chi connectivity index (χ3v) is 3.81. The van der Waals surface area contributed by atoms with Gasteiger partial charge in [-0.3, -0.25) is 4.79 Å². The predicted octanol–water partition coefficient (Wildman–Crippen LogP) is 1.40. The van der Waals surface area contributed by atoms with E-state index in [1.807, 2.05) is 24.3 Å². The topological polar surface area (TPSA) is 58.4 Å². The molecular weight excluding hydrogens is 250 g/mol. The number of nitrogens with two attached hydrogens (primary N) is 1. The standard InChI is InChI=1S/C16H25N3O/c17-9-8-14-4-6-15(7-5-14)16(20)18-10-13-19-11-2-1-3-12-19/h4-7H,1-3,8-13,17H2,(H,18,20). The third-order valence-electron chi connectivity index (χ3n) is 3.81. The maximum atomic E-state index is 12.0. The summed E-state index contributed by atoms with van der Waals surface area (Å²) in [5.41, 5.74) is 7.42. The summed E-state index contributed by atoms with van der Waals surface area (Å²) in [5.74, 6) is 0.0151. The van der Waals surface area contributed by atoms with E-state index in [0.717, 1.165) is 25.1 Å². The summed E-state index contributed by atoms with van der Waals surface area (Å²) in [4.78, 5) is 14.4. The van der Waals surface area contributed by atoms with Crippen molar-refractivity contribution in [3.63, 3.8) is 0 Å². The first kappa shape index (κ1) is 15.0. The summed E-state index contributed by atoms with van der Waals surface area (Å²) < 4.78 is 0. The van der Waals surface area contributed by atoms with Gasteiger partial charge in [-0.15, -0.1) is 0 Å². The second kappa shape index (κ2) is 8.02. The number of carbonyl (C=O) groups excluding carboxylic acids is 1. The molecule has 1 saturated heterocycles. The lowest BCUT2D eigenvalue weighted by atomic mass is 10.1. The van der Waals surface area contributed by atoms with Crippen LogP contribution in [0.4, 0.5) is 0 Å². The maximum absolute atomic E-state index is 12.0. The Morgan fingerprint density at radius 1 is 1.15 bits per heavy atom. The van der Waals surface area contributed by atoms with Gasteiger partial charge >= 0.3 is 0 Å². The fraction of sp³-hybridized carbons (Fsp3) is 0.562. The van der Waals surface area contributed by atoms with E-state index in [9.17, 15) is 4.79 Å². The van der Waals surface area contributed by atoms with Gasteiger partial charge in [0, 0.05) is 18.7 Å². The molecule has 1 aliphatic rings. The smallest absolute Gasteiger partial charge is 0.251 e. The zero-order chi connectivity index (χ0) is 14.2. The number of amides is 1. The van der Waals surface area contributed by atoms with E-state index in [1.54, 1.807) is 0 Å². The van der Waals surface area contributed by atoms with Crippen LogP contribution in [0.2, 0.25) is 0 Å². The highest BCUT2D eigenvalue weighted by Gasteiger charge is 2.10. The van der Waals surface area contributed by atoms with Crippen molar-refractivity contribution in [2.75, 3.05) is 32.7 Å². The number of rotatable bonds is 6. The molecule has 1 aromatic rings. The highest BCUT2D eigenvalue weighted by molar-refractivity contribution is 5.94. The zero-order valence-corrected chi connectivity index (χ0v) is 12.1. The molecule has 0 radical (unpaired) electrons. The number of nitrogens with one attached hydrogen (secondary N) is 1. The highest BCUT2D eigenvalue weighted by Crippen LogP contribution is 2.08. The Balaban J connectivity index is 1.73. The van der Waals surface area contributed by atoms with Gasteiger partial charge in [-0.25, -0.2) is 0 Å². The van der Waals surface area contributed by atoms with E-state index in [0.29, 0.717) is 6.54 Å². The third kappa shape index (κ3) is 4.62. The average molecular weight is 275 g/mol. The molecule has 110 valence electrons. The van der Waals surface area contributed by atoms with E-state index >= 15 is 0 Å². The van der Waals surface area contributed by atoms with E-state index in [2.05, 4.69) is 10.2 Å². The van der Waals surface area contributed by atoms with E-state index < -0.39 is 0 Å². The first-order valence-corrected chi connectivity index (χ1v) is 7.59. The summed E-state index contributed by atoms with van der Waals surface area (Å²) in [6.07, 6.45) is 4.78. The molecule has 1 amide bonds. The molecule has 1 aromatic carbocycles. The molecule has 2 rings (SSSR count). The summed E-state index contributed by atoms with van der Waals surface area (Å²) in [6.45, 7) is 4.66. The van der Waals surface area contributed by atoms with Gasteiger partial charge in [-0.05, 0) is 56.6 Å². The van der Waals surface area contributed by atoms with Gasteiger partial charge in [0.05, 0.1) is 0 Å². The van der Waals surface area contributed by atoms with Gasteiger partial charge in [-0.1, -0.05) is 18.6 Å². The molecule has 0 bridgehead atoms. The molecule has 1 aliphatic heterocycles. The SMILES string of the molecule is NCCc1ccc(C(=O)NCCN2CCCCC2)cc1. The number of nitrogens with zero attached hydrogens (tertiary/aromatic N) is 1.